The molecule has 1 saturated heterocycles. The van der Waals surface area contributed by atoms with Gasteiger partial charge in [-0.15, -0.1) is 12.4 Å². The van der Waals surface area contributed by atoms with Crippen molar-refractivity contribution in [1.29, 1.82) is 0 Å². The molecule has 1 fully saturated rings. The SMILES string of the molecule is CO[C@@H](C)CN1CC[C@]2(C)c3cc(O)ccc3C[C@H]1C2(C)C.Cl. The second kappa shape index (κ2) is 6.27. The van der Waals surface area contributed by atoms with Crippen molar-refractivity contribution in [2.75, 3.05) is 20.2 Å². The third-order valence-electron chi connectivity index (χ3n) is 6.59. The zero-order valence-electron chi connectivity index (χ0n) is 14.9. The molecular weight excluding hydrogens is 310 g/mol. The number of piperidine rings is 1. The molecule has 0 unspecified atom stereocenters. The monoisotopic (exact) mass is 339 g/mol. The van der Waals surface area contributed by atoms with Crippen molar-refractivity contribution < 1.29 is 9.84 Å². The molecule has 0 radical (unpaired) electrons. The van der Waals surface area contributed by atoms with Crippen LogP contribution < -0.4 is 0 Å². The van der Waals surface area contributed by atoms with Gasteiger partial charge in [0.15, 0.2) is 0 Å². The van der Waals surface area contributed by atoms with E-state index < -0.39 is 0 Å². The molecule has 4 heteroatoms. The second-order valence-corrected chi connectivity index (χ2v) is 7.91. The minimum absolute atomic E-state index is 0. The van der Waals surface area contributed by atoms with E-state index in [-0.39, 0.29) is 29.3 Å². The van der Waals surface area contributed by atoms with Gasteiger partial charge < -0.3 is 9.84 Å². The summed E-state index contributed by atoms with van der Waals surface area (Å²) < 4.78 is 5.49. The summed E-state index contributed by atoms with van der Waals surface area (Å²) in [4.78, 5) is 2.62. The van der Waals surface area contributed by atoms with Crippen LogP contribution in [0.2, 0.25) is 0 Å². The fourth-order valence-corrected chi connectivity index (χ4v) is 4.62. The average molecular weight is 340 g/mol. The second-order valence-electron chi connectivity index (χ2n) is 7.91. The Bertz CT molecular complexity index is 574. The average Bonchev–Trinajstić information content (AvgIpc) is 2.46. The predicted molar refractivity (Wildman–Crippen MR) is 96.6 cm³/mol. The summed E-state index contributed by atoms with van der Waals surface area (Å²) >= 11 is 0. The smallest absolute Gasteiger partial charge is 0.115 e. The van der Waals surface area contributed by atoms with Gasteiger partial charge in [-0.2, -0.15) is 0 Å². The van der Waals surface area contributed by atoms with E-state index in [2.05, 4.69) is 38.7 Å². The Hall–Kier alpha value is -0.770. The van der Waals surface area contributed by atoms with Crippen LogP contribution in [0.1, 0.15) is 45.2 Å². The lowest BCUT2D eigenvalue weighted by Crippen LogP contribution is -2.64. The van der Waals surface area contributed by atoms with Crippen LogP contribution in [0.4, 0.5) is 0 Å². The number of nitrogens with zero attached hydrogens (tertiary/aromatic N) is 1. The highest BCUT2D eigenvalue weighted by atomic mass is 35.5. The molecular formula is C19H30ClNO2. The van der Waals surface area contributed by atoms with E-state index in [1.54, 1.807) is 7.11 Å². The summed E-state index contributed by atoms with van der Waals surface area (Å²) in [6.07, 6.45) is 2.46. The molecule has 1 N–H and O–H groups in total. The Morgan fingerprint density at radius 3 is 2.70 bits per heavy atom. The van der Waals surface area contributed by atoms with Gasteiger partial charge in [0.25, 0.3) is 0 Å². The van der Waals surface area contributed by atoms with Crippen LogP contribution >= 0.6 is 12.4 Å². The molecule has 1 aromatic rings. The van der Waals surface area contributed by atoms with Crippen LogP contribution in [0.3, 0.4) is 0 Å². The number of likely N-dealkylation sites (tertiary alicyclic amines) is 1. The topological polar surface area (TPSA) is 32.7 Å². The lowest BCUT2D eigenvalue weighted by atomic mass is 9.51. The summed E-state index contributed by atoms with van der Waals surface area (Å²) in [5, 5.41) is 9.95. The number of fused-ring (bicyclic) bond motifs is 4. The number of benzene rings is 1. The first-order valence-electron chi connectivity index (χ1n) is 8.39. The van der Waals surface area contributed by atoms with Gasteiger partial charge in [0.05, 0.1) is 6.10 Å². The molecule has 1 heterocycles. The van der Waals surface area contributed by atoms with Gasteiger partial charge in [0, 0.05) is 25.1 Å². The number of ether oxygens (including phenoxy) is 1. The fourth-order valence-electron chi connectivity index (χ4n) is 4.62. The summed E-state index contributed by atoms with van der Waals surface area (Å²) in [6.45, 7) is 11.4. The minimum Gasteiger partial charge on any atom is -0.508 e. The van der Waals surface area contributed by atoms with Gasteiger partial charge >= 0.3 is 0 Å². The van der Waals surface area contributed by atoms with Crippen molar-refractivity contribution >= 4 is 12.4 Å². The largest absolute Gasteiger partial charge is 0.508 e. The van der Waals surface area contributed by atoms with E-state index in [1.807, 2.05) is 12.1 Å². The summed E-state index contributed by atoms with van der Waals surface area (Å²) in [6, 6.07) is 6.48. The molecule has 2 bridgehead atoms. The van der Waals surface area contributed by atoms with E-state index in [4.69, 9.17) is 4.74 Å². The first kappa shape index (κ1) is 18.6. The van der Waals surface area contributed by atoms with Gasteiger partial charge in [-0.25, -0.2) is 0 Å². The molecule has 0 aromatic heterocycles. The van der Waals surface area contributed by atoms with Gasteiger partial charge in [0.1, 0.15) is 5.75 Å². The quantitative estimate of drug-likeness (QED) is 0.910. The van der Waals surface area contributed by atoms with E-state index in [0.717, 1.165) is 25.9 Å². The molecule has 23 heavy (non-hydrogen) atoms. The van der Waals surface area contributed by atoms with Crippen LogP contribution in [-0.4, -0.2) is 42.4 Å². The Morgan fingerprint density at radius 2 is 2.04 bits per heavy atom. The number of phenols is 1. The molecule has 1 aromatic carbocycles. The Morgan fingerprint density at radius 1 is 1.35 bits per heavy atom. The van der Waals surface area contributed by atoms with Crippen molar-refractivity contribution in [2.24, 2.45) is 5.41 Å². The lowest BCUT2D eigenvalue weighted by molar-refractivity contribution is -0.0569. The minimum atomic E-state index is 0. The molecule has 3 rings (SSSR count). The van der Waals surface area contributed by atoms with Crippen LogP contribution in [0.5, 0.6) is 5.75 Å². The molecule has 3 nitrogen and oxygen atoms in total. The Labute approximate surface area is 146 Å². The third kappa shape index (κ3) is 2.77. The molecule has 2 aliphatic rings. The van der Waals surface area contributed by atoms with Crippen LogP contribution in [0, 0.1) is 5.41 Å². The van der Waals surface area contributed by atoms with E-state index in [9.17, 15) is 5.11 Å². The number of phenolic OH excluding ortho intramolecular Hbond substituents is 1. The predicted octanol–water partition coefficient (Wildman–Crippen LogP) is 3.76. The Balaban J connectivity index is 0.00000192. The van der Waals surface area contributed by atoms with Gasteiger partial charge in [-0.3, -0.25) is 4.90 Å². The third-order valence-corrected chi connectivity index (χ3v) is 6.59. The summed E-state index contributed by atoms with van der Waals surface area (Å²) in [5.41, 5.74) is 3.06. The first-order valence-corrected chi connectivity index (χ1v) is 8.39. The first-order chi connectivity index (χ1) is 10.3. The van der Waals surface area contributed by atoms with Crippen molar-refractivity contribution in [2.45, 2.75) is 58.1 Å². The number of methoxy groups -OCH3 is 1. The molecule has 0 saturated carbocycles. The molecule has 1 aliphatic carbocycles. The Kier molecular flexibility index (Phi) is 5.06. The number of rotatable bonds is 3. The van der Waals surface area contributed by atoms with Crippen molar-refractivity contribution in [3.05, 3.63) is 29.3 Å². The lowest BCUT2D eigenvalue weighted by Gasteiger charge is -2.61. The van der Waals surface area contributed by atoms with E-state index in [0.29, 0.717) is 11.8 Å². The highest BCUT2D eigenvalue weighted by Gasteiger charge is 2.55. The van der Waals surface area contributed by atoms with Crippen LogP contribution in [0.15, 0.2) is 18.2 Å². The van der Waals surface area contributed by atoms with Crippen LogP contribution in [0.25, 0.3) is 0 Å². The maximum Gasteiger partial charge on any atom is 0.115 e. The summed E-state index contributed by atoms with van der Waals surface area (Å²) in [7, 11) is 1.79. The van der Waals surface area contributed by atoms with Crippen molar-refractivity contribution in [1.82, 2.24) is 4.90 Å². The molecule has 0 amide bonds. The number of halogens is 1. The molecule has 130 valence electrons. The zero-order chi connectivity index (χ0) is 16.1. The summed E-state index contributed by atoms with van der Waals surface area (Å²) in [5.74, 6) is 0.393. The van der Waals surface area contributed by atoms with E-state index in [1.165, 1.54) is 11.1 Å². The maximum atomic E-state index is 9.95. The number of hydrogen-bond acceptors (Lipinski definition) is 3. The zero-order valence-corrected chi connectivity index (χ0v) is 15.7. The molecule has 3 atom stereocenters. The highest BCUT2D eigenvalue weighted by molar-refractivity contribution is 5.85. The van der Waals surface area contributed by atoms with E-state index >= 15 is 0 Å². The maximum absolute atomic E-state index is 9.95. The van der Waals surface area contributed by atoms with Crippen molar-refractivity contribution in [3.63, 3.8) is 0 Å². The normalized spacial score (nSPS) is 30.2. The molecule has 0 spiro atoms. The number of aromatic hydroxyl groups is 1. The van der Waals surface area contributed by atoms with Gasteiger partial charge in [-0.1, -0.05) is 26.8 Å². The van der Waals surface area contributed by atoms with Gasteiger partial charge in [-0.05, 0) is 55.0 Å². The van der Waals surface area contributed by atoms with Crippen molar-refractivity contribution in [3.8, 4) is 5.75 Å². The highest BCUT2D eigenvalue weighted by Crippen LogP contribution is 2.56. The molecule has 1 aliphatic heterocycles. The standard InChI is InChI=1S/C19H29NO2.ClH/c1-13(22-5)12-20-9-8-19(4)16-11-15(21)7-6-14(16)10-17(20)18(19,2)3;/h6-7,11,13,17,21H,8-10,12H2,1-5H3;1H/t13-,17-,19+;/m0./s1. The fraction of sp³-hybridized carbons (Fsp3) is 0.684. The van der Waals surface area contributed by atoms with Crippen LogP contribution in [-0.2, 0) is 16.6 Å². The van der Waals surface area contributed by atoms with Gasteiger partial charge in [0.2, 0.25) is 0 Å². The number of hydrogen-bond donors (Lipinski definition) is 1.